The maximum absolute atomic E-state index is 8.48. The van der Waals surface area contributed by atoms with Crippen LogP contribution in [-0.4, -0.2) is 15.0 Å². The van der Waals surface area contributed by atoms with Crippen LogP contribution in [0.3, 0.4) is 0 Å². The van der Waals surface area contributed by atoms with E-state index in [4.69, 9.17) is 21.8 Å². The number of thiophene rings is 2. The highest BCUT2D eigenvalue weighted by atomic mass is 32.1. The van der Waals surface area contributed by atoms with Gasteiger partial charge in [-0.2, -0.15) is 0 Å². The van der Waals surface area contributed by atoms with Gasteiger partial charge in [0.15, 0.2) is 17.5 Å². The second kappa shape index (κ2) is 11.8. The highest BCUT2D eigenvalue weighted by Gasteiger charge is 2.18. The largest absolute Gasteiger partial charge is 0.208 e. The summed E-state index contributed by atoms with van der Waals surface area (Å²) in [4.78, 5) is 15.2. The molecule has 10 aromatic rings. The summed E-state index contributed by atoms with van der Waals surface area (Å²) in [6, 6.07) is 43.5. The third kappa shape index (κ3) is 4.90. The molecule has 0 aliphatic carbocycles. The molecule has 0 radical (unpaired) electrons. The molecule has 0 spiro atoms. The zero-order valence-corrected chi connectivity index (χ0v) is 28.0. The Labute approximate surface area is 303 Å². The van der Waals surface area contributed by atoms with E-state index >= 15 is 0 Å². The van der Waals surface area contributed by atoms with Gasteiger partial charge in [0.25, 0.3) is 0 Å². The smallest absolute Gasteiger partial charge is 0.164 e. The predicted molar refractivity (Wildman–Crippen MR) is 213 cm³/mol. The lowest BCUT2D eigenvalue weighted by Gasteiger charge is -2.11. The van der Waals surface area contributed by atoms with Gasteiger partial charge in [0.05, 0.1) is 6.85 Å². The van der Waals surface area contributed by atoms with Gasteiger partial charge in [0, 0.05) is 57.0 Å². The minimum absolute atomic E-state index is 0.150. The van der Waals surface area contributed by atoms with E-state index < -0.39 is 6.04 Å². The van der Waals surface area contributed by atoms with Crippen LogP contribution in [0, 0.1) is 0 Å². The quantitative estimate of drug-likeness (QED) is 0.182. The fourth-order valence-corrected chi connectivity index (χ4v) is 8.97. The molecule has 3 heterocycles. The lowest BCUT2D eigenvalue weighted by atomic mass is 9.98. The zero-order chi connectivity index (χ0) is 37.4. The van der Waals surface area contributed by atoms with Gasteiger partial charge in [-0.25, -0.2) is 15.0 Å². The topological polar surface area (TPSA) is 38.7 Å². The van der Waals surface area contributed by atoms with Crippen LogP contribution in [0.2, 0.25) is 0 Å². The Bertz CT molecular complexity index is 3130. The molecule has 0 bridgehead atoms. The number of benzene rings is 7. The molecule has 0 N–H and O–H groups in total. The Kier molecular flexibility index (Phi) is 5.73. The first-order chi connectivity index (χ1) is 26.8. The molecule has 0 fully saturated rings. The van der Waals surface area contributed by atoms with Crippen LogP contribution in [0.15, 0.2) is 164 Å². The van der Waals surface area contributed by atoms with Crippen molar-refractivity contribution in [1.82, 2.24) is 15.0 Å². The molecule has 0 amide bonds. The van der Waals surface area contributed by atoms with Gasteiger partial charge in [-0.3, -0.25) is 0 Å². The molecular formula is C45H27N3S2. The van der Waals surface area contributed by atoms with Crippen molar-refractivity contribution in [2.24, 2.45) is 0 Å². The summed E-state index contributed by atoms with van der Waals surface area (Å²) in [5.41, 5.74) is 5.39. The monoisotopic (exact) mass is 678 g/mol. The van der Waals surface area contributed by atoms with Crippen molar-refractivity contribution < 1.29 is 6.85 Å². The average Bonchev–Trinajstić information content (AvgIpc) is 3.81. The number of hydrogen-bond donors (Lipinski definition) is 0. The molecule has 50 heavy (non-hydrogen) atoms. The molecule has 234 valence electrons. The van der Waals surface area contributed by atoms with Gasteiger partial charge in [0.1, 0.15) is 0 Å². The van der Waals surface area contributed by atoms with E-state index in [1.807, 2.05) is 24.3 Å². The van der Waals surface area contributed by atoms with E-state index in [0.29, 0.717) is 28.6 Å². The van der Waals surface area contributed by atoms with Crippen molar-refractivity contribution in [3.8, 4) is 56.4 Å². The summed E-state index contributed by atoms with van der Waals surface area (Å²) in [6.07, 6.45) is 0. The van der Waals surface area contributed by atoms with E-state index in [1.165, 1.54) is 30.4 Å². The van der Waals surface area contributed by atoms with Crippen molar-refractivity contribution in [1.29, 1.82) is 0 Å². The second-order valence-electron chi connectivity index (χ2n) is 12.0. The average molecular weight is 679 g/mol. The Morgan fingerprint density at radius 1 is 0.360 bits per heavy atom. The summed E-state index contributed by atoms with van der Waals surface area (Å²) in [6.45, 7) is 0. The van der Waals surface area contributed by atoms with Crippen molar-refractivity contribution in [3.05, 3.63) is 164 Å². The SMILES string of the molecule is [2H]c1c([2H])c([2H])c(-c2ccc(-c3nc(-c4ccc(-c5cccc6sc7ccccc7c56)cc4)nc(-c4cccc5sc6ccccc6c45)n3)cc2)c([2H])c1[2H]. The normalized spacial score (nSPS) is 13.0. The summed E-state index contributed by atoms with van der Waals surface area (Å²) in [7, 11) is 0. The molecule has 0 unspecified atom stereocenters. The molecule has 0 atom stereocenters. The van der Waals surface area contributed by atoms with Crippen LogP contribution < -0.4 is 0 Å². The van der Waals surface area contributed by atoms with Gasteiger partial charge in [0.2, 0.25) is 0 Å². The number of fused-ring (bicyclic) bond motifs is 6. The summed E-state index contributed by atoms with van der Waals surface area (Å²) in [5.74, 6) is 1.53. The highest BCUT2D eigenvalue weighted by molar-refractivity contribution is 7.26. The second-order valence-corrected chi connectivity index (χ2v) is 14.2. The van der Waals surface area contributed by atoms with Crippen molar-refractivity contribution in [2.45, 2.75) is 0 Å². The first-order valence-corrected chi connectivity index (χ1v) is 17.8. The van der Waals surface area contributed by atoms with Crippen LogP contribution in [-0.2, 0) is 0 Å². The molecule has 5 heteroatoms. The van der Waals surface area contributed by atoms with Crippen LogP contribution in [0.1, 0.15) is 6.85 Å². The molecule has 7 aromatic carbocycles. The summed E-state index contributed by atoms with van der Waals surface area (Å²) < 4.78 is 46.1. The van der Waals surface area contributed by atoms with Crippen LogP contribution >= 0.6 is 22.7 Å². The molecule has 0 aliphatic rings. The number of hydrogen-bond acceptors (Lipinski definition) is 5. The summed E-state index contributed by atoms with van der Waals surface area (Å²) >= 11 is 3.54. The van der Waals surface area contributed by atoms with Crippen molar-refractivity contribution >= 4 is 63.0 Å². The summed E-state index contributed by atoms with van der Waals surface area (Å²) in [5, 5.41) is 4.74. The Balaban J connectivity index is 1.12. The zero-order valence-electron chi connectivity index (χ0n) is 31.4. The first-order valence-electron chi connectivity index (χ1n) is 18.7. The minimum atomic E-state index is -0.418. The maximum Gasteiger partial charge on any atom is 0.164 e. The Morgan fingerprint density at radius 2 is 0.820 bits per heavy atom. The molecule has 0 saturated heterocycles. The highest BCUT2D eigenvalue weighted by Crippen LogP contribution is 2.41. The van der Waals surface area contributed by atoms with E-state index in [2.05, 4.69) is 97.1 Å². The molecule has 10 rings (SSSR count). The van der Waals surface area contributed by atoms with Gasteiger partial charge in [-0.15, -0.1) is 22.7 Å². The number of nitrogens with zero attached hydrogens (tertiary/aromatic N) is 3. The van der Waals surface area contributed by atoms with Crippen molar-refractivity contribution in [2.75, 3.05) is 0 Å². The fraction of sp³-hybridized carbons (Fsp3) is 0. The Morgan fingerprint density at radius 3 is 1.42 bits per heavy atom. The third-order valence-electron chi connectivity index (χ3n) is 9.07. The van der Waals surface area contributed by atoms with Crippen molar-refractivity contribution in [3.63, 3.8) is 0 Å². The van der Waals surface area contributed by atoms with Gasteiger partial charge in [-0.1, -0.05) is 139 Å². The van der Waals surface area contributed by atoms with Crippen LogP contribution in [0.5, 0.6) is 0 Å². The molecular weight excluding hydrogens is 647 g/mol. The predicted octanol–water partition coefficient (Wildman–Crippen LogP) is 12.9. The van der Waals surface area contributed by atoms with Gasteiger partial charge in [-0.05, 0) is 46.5 Å². The molecule has 0 saturated carbocycles. The number of rotatable bonds is 5. The molecule has 0 aliphatic heterocycles. The Hall–Kier alpha value is -6.01. The third-order valence-corrected chi connectivity index (χ3v) is 11.3. The van der Waals surface area contributed by atoms with Crippen LogP contribution in [0.25, 0.3) is 96.8 Å². The van der Waals surface area contributed by atoms with E-state index in [0.717, 1.165) is 32.2 Å². The lowest BCUT2D eigenvalue weighted by Crippen LogP contribution is -2.00. The fourth-order valence-electron chi connectivity index (χ4n) is 6.71. The molecule has 3 nitrogen and oxygen atoms in total. The maximum atomic E-state index is 8.48. The van der Waals surface area contributed by atoms with E-state index in [-0.39, 0.29) is 29.7 Å². The minimum Gasteiger partial charge on any atom is -0.208 e. The number of aromatic nitrogens is 3. The standard InChI is InChI=1S/C45H27N3S2/c1-2-10-28(11-3-1)29-20-24-31(25-21-29)43-46-44(48-45(47-43)36-15-9-19-40-42(36)35-13-5-7-17-38(35)50-40)32-26-22-30(23-27-32)33-14-8-18-39-41(33)34-12-4-6-16-37(34)49-39/h1-27H/i1D,2D,3D,10D,11D. The van der Waals surface area contributed by atoms with E-state index in [1.54, 1.807) is 34.8 Å². The van der Waals surface area contributed by atoms with Gasteiger partial charge >= 0.3 is 0 Å². The molecule has 3 aromatic heterocycles. The van der Waals surface area contributed by atoms with E-state index in [9.17, 15) is 0 Å². The van der Waals surface area contributed by atoms with Crippen LogP contribution in [0.4, 0.5) is 0 Å². The first kappa shape index (κ1) is 24.2. The van der Waals surface area contributed by atoms with Gasteiger partial charge < -0.3 is 0 Å². The lowest BCUT2D eigenvalue weighted by molar-refractivity contribution is 1.08.